The smallest absolute Gasteiger partial charge is 0.119 e. The number of ether oxygens (including phenoxy) is 1. The fourth-order valence-electron chi connectivity index (χ4n) is 1.64. The first kappa shape index (κ1) is 14.8. The Balaban J connectivity index is 1.93. The maximum absolute atomic E-state index is 5.93. The van der Waals surface area contributed by atoms with Crippen LogP contribution in [-0.2, 0) is 6.61 Å². The molecule has 20 heavy (non-hydrogen) atoms. The molecule has 0 fully saturated rings. The van der Waals surface area contributed by atoms with E-state index >= 15 is 0 Å². The van der Waals surface area contributed by atoms with E-state index in [1.165, 1.54) is 0 Å². The first-order valence-electron chi connectivity index (χ1n) is 6.30. The first-order chi connectivity index (χ1) is 9.78. The summed E-state index contributed by atoms with van der Waals surface area (Å²) in [6, 6.07) is 15.3. The molecule has 0 radical (unpaired) electrons. The van der Waals surface area contributed by atoms with Crippen LogP contribution in [0.25, 0.3) is 0 Å². The van der Waals surface area contributed by atoms with E-state index in [1.807, 2.05) is 48.5 Å². The van der Waals surface area contributed by atoms with Gasteiger partial charge in [0.15, 0.2) is 0 Å². The average Bonchev–Trinajstić information content (AvgIpc) is 2.47. The Morgan fingerprint density at radius 1 is 1.05 bits per heavy atom. The molecule has 0 amide bonds. The highest BCUT2D eigenvalue weighted by Crippen LogP contribution is 2.16. The third kappa shape index (κ3) is 4.81. The molecule has 0 aliphatic rings. The van der Waals surface area contributed by atoms with E-state index in [0.717, 1.165) is 21.9 Å². The summed E-state index contributed by atoms with van der Waals surface area (Å²) in [7, 11) is 0. The molecule has 3 heteroatoms. The van der Waals surface area contributed by atoms with Crippen molar-refractivity contribution in [2.45, 2.75) is 13.0 Å². The van der Waals surface area contributed by atoms with Gasteiger partial charge in [0.25, 0.3) is 0 Å². The van der Waals surface area contributed by atoms with Crippen molar-refractivity contribution < 1.29 is 4.74 Å². The van der Waals surface area contributed by atoms with Crippen LogP contribution in [0.3, 0.4) is 0 Å². The van der Waals surface area contributed by atoms with Crippen LogP contribution < -0.4 is 4.74 Å². The fourth-order valence-corrected chi connectivity index (χ4v) is 1.95. The Kier molecular flexibility index (Phi) is 5.80. The van der Waals surface area contributed by atoms with Crippen LogP contribution in [0.2, 0.25) is 5.02 Å². The van der Waals surface area contributed by atoms with Crippen molar-refractivity contribution in [3.8, 4) is 17.6 Å². The predicted octanol–water partition coefficient (Wildman–Crippen LogP) is 4.90. The van der Waals surface area contributed by atoms with E-state index in [0.29, 0.717) is 18.9 Å². The van der Waals surface area contributed by atoms with Gasteiger partial charge in [-0.2, -0.15) is 0 Å². The lowest BCUT2D eigenvalue weighted by Gasteiger charge is -2.06. The largest absolute Gasteiger partial charge is 0.489 e. The zero-order chi connectivity index (χ0) is 14.2. The third-order valence-corrected chi connectivity index (χ3v) is 3.03. The van der Waals surface area contributed by atoms with Gasteiger partial charge in [0.05, 0.1) is 0 Å². The van der Waals surface area contributed by atoms with E-state index in [2.05, 4.69) is 11.8 Å². The monoisotopic (exact) mass is 304 g/mol. The zero-order valence-electron chi connectivity index (χ0n) is 10.9. The zero-order valence-corrected chi connectivity index (χ0v) is 12.4. The molecule has 0 saturated carbocycles. The number of alkyl halides is 1. The highest BCUT2D eigenvalue weighted by atomic mass is 35.5. The number of rotatable bonds is 4. The van der Waals surface area contributed by atoms with Gasteiger partial charge >= 0.3 is 0 Å². The fraction of sp³-hybridized carbons (Fsp3) is 0.176. The topological polar surface area (TPSA) is 9.23 Å². The van der Waals surface area contributed by atoms with E-state index in [-0.39, 0.29) is 0 Å². The van der Waals surface area contributed by atoms with Crippen LogP contribution in [0.15, 0.2) is 48.5 Å². The quantitative estimate of drug-likeness (QED) is 0.576. The lowest BCUT2D eigenvalue weighted by molar-refractivity contribution is 0.306. The molecule has 0 bridgehead atoms. The molecule has 0 aromatic heterocycles. The van der Waals surface area contributed by atoms with Crippen molar-refractivity contribution in [2.24, 2.45) is 0 Å². The van der Waals surface area contributed by atoms with Gasteiger partial charge < -0.3 is 4.74 Å². The first-order valence-corrected chi connectivity index (χ1v) is 7.21. The van der Waals surface area contributed by atoms with Crippen LogP contribution in [0.4, 0.5) is 0 Å². The van der Waals surface area contributed by atoms with E-state index < -0.39 is 0 Å². The van der Waals surface area contributed by atoms with Gasteiger partial charge in [0, 0.05) is 22.9 Å². The molecule has 2 rings (SSSR count). The van der Waals surface area contributed by atoms with E-state index in [1.54, 1.807) is 0 Å². The minimum atomic E-state index is 0.498. The number of halogens is 2. The molecule has 0 atom stereocenters. The van der Waals surface area contributed by atoms with Crippen LogP contribution in [0, 0.1) is 11.8 Å². The molecular formula is C17H14Cl2O. The van der Waals surface area contributed by atoms with Gasteiger partial charge in [-0.15, -0.1) is 11.6 Å². The molecule has 0 aliphatic carbocycles. The molecule has 1 nitrogen and oxygen atoms in total. The molecule has 2 aromatic rings. The van der Waals surface area contributed by atoms with Crippen molar-refractivity contribution in [2.75, 3.05) is 5.88 Å². The van der Waals surface area contributed by atoms with Gasteiger partial charge in [-0.3, -0.25) is 0 Å². The Hall–Kier alpha value is -1.62. The summed E-state index contributed by atoms with van der Waals surface area (Å²) in [6.45, 7) is 0.498. The minimum Gasteiger partial charge on any atom is -0.489 e. The van der Waals surface area contributed by atoms with Crippen LogP contribution in [0.5, 0.6) is 5.75 Å². The van der Waals surface area contributed by atoms with Gasteiger partial charge in [-0.05, 0) is 42.0 Å². The lowest BCUT2D eigenvalue weighted by atomic mass is 10.2. The summed E-state index contributed by atoms with van der Waals surface area (Å²) in [4.78, 5) is 0. The van der Waals surface area contributed by atoms with Crippen molar-refractivity contribution in [1.82, 2.24) is 0 Å². The highest BCUT2D eigenvalue weighted by molar-refractivity contribution is 6.30. The molecule has 2 aromatic carbocycles. The standard InChI is InChI=1S/C17H14Cl2O/c18-11-2-1-4-14-7-9-17(10-8-14)20-13-15-5-3-6-16(19)12-15/h3,5-10,12H,2,11,13H2. The van der Waals surface area contributed by atoms with Crippen molar-refractivity contribution in [3.63, 3.8) is 0 Å². The molecule has 0 unspecified atom stereocenters. The normalized spacial score (nSPS) is 9.70. The van der Waals surface area contributed by atoms with Gasteiger partial charge in [-0.1, -0.05) is 35.6 Å². The van der Waals surface area contributed by atoms with E-state index in [9.17, 15) is 0 Å². The summed E-state index contributed by atoms with van der Waals surface area (Å²) in [5.74, 6) is 7.42. The third-order valence-electron chi connectivity index (χ3n) is 2.60. The van der Waals surface area contributed by atoms with Crippen LogP contribution >= 0.6 is 23.2 Å². The maximum atomic E-state index is 5.93. The second-order valence-electron chi connectivity index (χ2n) is 4.18. The lowest BCUT2D eigenvalue weighted by Crippen LogP contribution is -1.95. The number of hydrogen-bond donors (Lipinski definition) is 0. The Morgan fingerprint density at radius 2 is 1.85 bits per heavy atom. The van der Waals surface area contributed by atoms with Crippen molar-refractivity contribution in [3.05, 3.63) is 64.7 Å². The summed E-state index contributed by atoms with van der Waals surface area (Å²) < 4.78 is 5.70. The Morgan fingerprint density at radius 3 is 2.55 bits per heavy atom. The molecule has 0 heterocycles. The highest BCUT2D eigenvalue weighted by Gasteiger charge is 1.97. The summed E-state index contributed by atoms with van der Waals surface area (Å²) >= 11 is 11.5. The predicted molar refractivity (Wildman–Crippen MR) is 84.4 cm³/mol. The summed E-state index contributed by atoms with van der Waals surface area (Å²) in [5, 5.41) is 0.719. The Labute approximate surface area is 129 Å². The van der Waals surface area contributed by atoms with Gasteiger partial charge in [0.2, 0.25) is 0 Å². The van der Waals surface area contributed by atoms with Crippen LogP contribution in [0.1, 0.15) is 17.5 Å². The molecule has 0 N–H and O–H groups in total. The molecule has 0 aliphatic heterocycles. The van der Waals surface area contributed by atoms with Gasteiger partial charge in [-0.25, -0.2) is 0 Å². The minimum absolute atomic E-state index is 0.498. The maximum Gasteiger partial charge on any atom is 0.119 e. The second kappa shape index (κ2) is 7.85. The number of benzene rings is 2. The van der Waals surface area contributed by atoms with E-state index in [4.69, 9.17) is 27.9 Å². The summed E-state index contributed by atoms with van der Waals surface area (Å²) in [5.41, 5.74) is 2.01. The Bertz CT molecular complexity index is 609. The molecular weight excluding hydrogens is 291 g/mol. The SMILES string of the molecule is ClCCC#Cc1ccc(OCc2cccc(Cl)c2)cc1. The summed E-state index contributed by atoms with van der Waals surface area (Å²) in [6.07, 6.45) is 0.703. The van der Waals surface area contributed by atoms with Crippen molar-refractivity contribution in [1.29, 1.82) is 0 Å². The molecule has 0 spiro atoms. The number of hydrogen-bond acceptors (Lipinski definition) is 1. The van der Waals surface area contributed by atoms with Gasteiger partial charge in [0.1, 0.15) is 12.4 Å². The second-order valence-corrected chi connectivity index (χ2v) is 5.00. The van der Waals surface area contributed by atoms with Crippen LogP contribution in [-0.4, -0.2) is 5.88 Å². The van der Waals surface area contributed by atoms with Crippen molar-refractivity contribution >= 4 is 23.2 Å². The molecule has 0 saturated heterocycles. The molecule has 102 valence electrons. The average molecular weight is 305 g/mol.